The summed E-state index contributed by atoms with van der Waals surface area (Å²) in [4.78, 5) is 18.3. The fourth-order valence-corrected chi connectivity index (χ4v) is 2.98. The lowest BCUT2D eigenvalue weighted by Gasteiger charge is -2.27. The first-order chi connectivity index (χ1) is 10.2. The van der Waals surface area contributed by atoms with Crippen LogP contribution < -0.4 is 4.90 Å². The maximum absolute atomic E-state index is 11.6. The summed E-state index contributed by atoms with van der Waals surface area (Å²) in [6.45, 7) is 0.985. The predicted molar refractivity (Wildman–Crippen MR) is 81.8 cm³/mol. The largest absolute Gasteiger partial charge is 0.478 e. The maximum atomic E-state index is 11.6. The first-order valence-corrected chi connectivity index (χ1v) is 7.61. The number of hydrogen-bond donors (Lipinski definition) is 1. The van der Waals surface area contributed by atoms with Crippen LogP contribution in [0, 0.1) is 5.92 Å². The number of aromatic nitrogens is 1. The Morgan fingerprint density at radius 2 is 2.00 bits per heavy atom. The molecule has 1 aromatic carbocycles. The normalized spacial score (nSPS) is 17.9. The highest BCUT2D eigenvalue weighted by Gasteiger charge is 2.36. The molecule has 0 saturated heterocycles. The molecule has 2 fully saturated rings. The molecule has 0 spiro atoms. The predicted octanol–water partition coefficient (Wildman–Crippen LogP) is 3.31. The van der Waals surface area contributed by atoms with Crippen molar-refractivity contribution in [2.75, 3.05) is 11.4 Å². The van der Waals surface area contributed by atoms with Gasteiger partial charge in [0.2, 0.25) is 0 Å². The van der Waals surface area contributed by atoms with Gasteiger partial charge >= 0.3 is 5.97 Å². The number of hydrogen-bond acceptors (Lipinski definition) is 3. The van der Waals surface area contributed by atoms with Crippen molar-refractivity contribution in [1.82, 2.24) is 4.98 Å². The summed E-state index contributed by atoms with van der Waals surface area (Å²) in [6, 6.07) is 8.36. The van der Waals surface area contributed by atoms with Gasteiger partial charge in [-0.05, 0) is 37.7 Å². The second-order valence-electron chi connectivity index (χ2n) is 6.17. The van der Waals surface area contributed by atoms with Crippen molar-refractivity contribution < 1.29 is 9.90 Å². The zero-order valence-corrected chi connectivity index (χ0v) is 11.8. The van der Waals surface area contributed by atoms with Crippen molar-refractivity contribution >= 4 is 22.6 Å². The fourth-order valence-electron chi connectivity index (χ4n) is 2.98. The minimum atomic E-state index is -0.885. The molecule has 1 heterocycles. The molecule has 1 aromatic heterocycles. The standard InChI is InChI=1S/C17H18N2O2/c20-17(21)14-9-18-15-4-2-1-3-13(15)16(14)19(12-7-8-12)10-11-5-6-11/h1-4,9,11-12H,5-8,10H2,(H,20,21). The van der Waals surface area contributed by atoms with Crippen molar-refractivity contribution in [2.45, 2.75) is 31.7 Å². The van der Waals surface area contributed by atoms with Crippen molar-refractivity contribution in [1.29, 1.82) is 0 Å². The second-order valence-corrected chi connectivity index (χ2v) is 6.17. The minimum absolute atomic E-state index is 0.334. The number of carboxylic acid groups (broad SMARTS) is 1. The Kier molecular flexibility index (Phi) is 2.84. The molecule has 4 nitrogen and oxygen atoms in total. The minimum Gasteiger partial charge on any atom is -0.478 e. The average Bonchev–Trinajstić information content (AvgIpc) is 3.37. The summed E-state index contributed by atoms with van der Waals surface area (Å²) in [7, 11) is 0. The molecule has 4 rings (SSSR count). The SMILES string of the molecule is O=C(O)c1cnc2ccccc2c1N(CC1CC1)C1CC1. The van der Waals surface area contributed by atoms with Gasteiger partial charge in [0.1, 0.15) is 5.56 Å². The molecule has 0 bridgehead atoms. The Bertz CT molecular complexity index is 705. The van der Waals surface area contributed by atoms with Crippen LogP contribution in [0.1, 0.15) is 36.0 Å². The smallest absolute Gasteiger partial charge is 0.339 e. The van der Waals surface area contributed by atoms with Crippen LogP contribution in [0.25, 0.3) is 10.9 Å². The van der Waals surface area contributed by atoms with Gasteiger partial charge in [-0.25, -0.2) is 4.79 Å². The van der Waals surface area contributed by atoms with Crippen LogP contribution in [-0.4, -0.2) is 28.6 Å². The molecule has 0 radical (unpaired) electrons. The average molecular weight is 282 g/mol. The van der Waals surface area contributed by atoms with E-state index in [9.17, 15) is 9.90 Å². The number of nitrogens with zero attached hydrogens (tertiary/aromatic N) is 2. The third kappa shape index (κ3) is 2.35. The van der Waals surface area contributed by atoms with Crippen LogP contribution in [0.15, 0.2) is 30.5 Å². The van der Waals surface area contributed by atoms with Gasteiger partial charge in [-0.2, -0.15) is 0 Å². The molecule has 21 heavy (non-hydrogen) atoms. The molecule has 1 N–H and O–H groups in total. The van der Waals surface area contributed by atoms with Gasteiger partial charge in [-0.3, -0.25) is 4.98 Å². The number of carboxylic acids is 1. The zero-order chi connectivity index (χ0) is 14.4. The van der Waals surface area contributed by atoms with Crippen LogP contribution in [0.3, 0.4) is 0 Å². The summed E-state index contributed by atoms with van der Waals surface area (Å²) in [5.74, 6) is -0.149. The van der Waals surface area contributed by atoms with E-state index in [0.29, 0.717) is 11.6 Å². The number of rotatable bonds is 5. The van der Waals surface area contributed by atoms with Crippen LogP contribution in [0.5, 0.6) is 0 Å². The molecule has 0 amide bonds. The molecule has 0 aliphatic heterocycles. The third-order valence-corrected chi connectivity index (χ3v) is 4.40. The molecule has 0 atom stereocenters. The highest BCUT2D eigenvalue weighted by atomic mass is 16.4. The van der Waals surface area contributed by atoms with E-state index in [1.165, 1.54) is 31.9 Å². The second kappa shape index (κ2) is 4.72. The molecule has 2 aliphatic rings. The van der Waals surface area contributed by atoms with Gasteiger partial charge in [-0.15, -0.1) is 0 Å². The van der Waals surface area contributed by atoms with Gasteiger partial charge in [0, 0.05) is 24.2 Å². The Balaban J connectivity index is 1.89. The van der Waals surface area contributed by atoms with Crippen molar-refractivity contribution in [3.05, 3.63) is 36.0 Å². The molecule has 2 saturated carbocycles. The van der Waals surface area contributed by atoms with E-state index in [4.69, 9.17) is 0 Å². The van der Waals surface area contributed by atoms with E-state index in [2.05, 4.69) is 9.88 Å². The van der Waals surface area contributed by atoms with E-state index < -0.39 is 5.97 Å². The zero-order valence-electron chi connectivity index (χ0n) is 11.8. The lowest BCUT2D eigenvalue weighted by molar-refractivity contribution is 0.0697. The van der Waals surface area contributed by atoms with Crippen molar-refractivity contribution in [3.63, 3.8) is 0 Å². The summed E-state index contributed by atoms with van der Waals surface area (Å²) in [5, 5.41) is 10.5. The Morgan fingerprint density at radius 1 is 1.24 bits per heavy atom. The Labute approximate surface area is 123 Å². The Hall–Kier alpha value is -2.10. The quantitative estimate of drug-likeness (QED) is 0.914. The summed E-state index contributed by atoms with van der Waals surface area (Å²) in [5.41, 5.74) is 2.09. The molecular formula is C17H18N2O2. The lowest BCUT2D eigenvalue weighted by atomic mass is 10.1. The molecule has 2 aromatic rings. The monoisotopic (exact) mass is 282 g/mol. The Morgan fingerprint density at radius 3 is 2.67 bits per heavy atom. The highest BCUT2D eigenvalue weighted by molar-refractivity contribution is 6.04. The lowest BCUT2D eigenvalue weighted by Crippen LogP contribution is -2.30. The van der Waals surface area contributed by atoms with Crippen LogP contribution in [0.2, 0.25) is 0 Å². The molecular weight excluding hydrogens is 264 g/mol. The van der Waals surface area contributed by atoms with E-state index in [1.54, 1.807) is 0 Å². The van der Waals surface area contributed by atoms with Gasteiger partial charge in [0.15, 0.2) is 0 Å². The topological polar surface area (TPSA) is 53.4 Å². The van der Waals surface area contributed by atoms with Crippen molar-refractivity contribution in [2.24, 2.45) is 5.92 Å². The third-order valence-electron chi connectivity index (χ3n) is 4.40. The summed E-state index contributed by atoms with van der Waals surface area (Å²) < 4.78 is 0. The van der Waals surface area contributed by atoms with E-state index in [-0.39, 0.29) is 0 Å². The van der Waals surface area contributed by atoms with E-state index in [1.807, 2.05) is 24.3 Å². The number of fused-ring (bicyclic) bond motifs is 1. The number of anilines is 1. The first kappa shape index (κ1) is 12.6. The first-order valence-electron chi connectivity index (χ1n) is 7.61. The molecule has 0 unspecified atom stereocenters. The maximum Gasteiger partial charge on any atom is 0.339 e. The van der Waals surface area contributed by atoms with Crippen LogP contribution in [-0.2, 0) is 0 Å². The molecule has 4 heteroatoms. The van der Waals surface area contributed by atoms with Crippen LogP contribution >= 0.6 is 0 Å². The van der Waals surface area contributed by atoms with E-state index >= 15 is 0 Å². The van der Waals surface area contributed by atoms with Gasteiger partial charge in [0.05, 0.1) is 11.2 Å². The molecule has 2 aliphatic carbocycles. The number of carbonyl (C=O) groups is 1. The van der Waals surface area contributed by atoms with Gasteiger partial charge < -0.3 is 10.0 Å². The van der Waals surface area contributed by atoms with Gasteiger partial charge in [-0.1, -0.05) is 18.2 Å². The number of para-hydroxylation sites is 1. The van der Waals surface area contributed by atoms with Crippen LogP contribution in [0.4, 0.5) is 5.69 Å². The number of aromatic carboxylic acids is 1. The van der Waals surface area contributed by atoms with Gasteiger partial charge in [0.25, 0.3) is 0 Å². The summed E-state index contributed by atoms with van der Waals surface area (Å²) >= 11 is 0. The number of benzene rings is 1. The highest BCUT2D eigenvalue weighted by Crippen LogP contribution is 2.41. The van der Waals surface area contributed by atoms with Crippen molar-refractivity contribution in [3.8, 4) is 0 Å². The summed E-state index contributed by atoms with van der Waals surface area (Å²) in [6.07, 6.45) is 6.40. The fraction of sp³-hybridized carbons (Fsp3) is 0.412. The molecule has 108 valence electrons. The number of pyridine rings is 1. The van der Waals surface area contributed by atoms with E-state index in [0.717, 1.165) is 29.1 Å².